The number of phosphoric ester groups is 1. The molecular formula is C24H30N7O6P. The number of phosphoric acid groups is 1. The zero-order valence-corrected chi connectivity index (χ0v) is 21.9. The lowest BCUT2D eigenvalue weighted by Crippen LogP contribution is -2.39. The fraction of sp³-hybridized carbons (Fsp3) is 0.417. The number of para-hydroxylation sites is 1. The van der Waals surface area contributed by atoms with E-state index in [-0.39, 0.29) is 24.5 Å². The van der Waals surface area contributed by atoms with Gasteiger partial charge in [-0.15, -0.1) is 0 Å². The number of carbonyl (C=O) groups is 1. The van der Waals surface area contributed by atoms with E-state index in [4.69, 9.17) is 19.6 Å². The summed E-state index contributed by atoms with van der Waals surface area (Å²) in [6, 6.07) is 8.12. The first-order valence-corrected chi connectivity index (χ1v) is 13.8. The number of aromatic nitrogens is 4. The molecule has 0 saturated heterocycles. The highest BCUT2D eigenvalue weighted by molar-refractivity contribution is 7.48. The molecule has 2 aliphatic rings. The molecule has 2 aliphatic carbocycles. The van der Waals surface area contributed by atoms with E-state index in [1.165, 1.54) is 19.1 Å². The number of nitrogens with two attached hydrogens (primary N) is 1. The molecule has 202 valence electrons. The lowest BCUT2D eigenvalue weighted by atomic mass is 10.1. The molecular weight excluding hydrogens is 513 g/mol. The topological polar surface area (TPSA) is 167 Å². The number of nitrogens with one attached hydrogen (secondary N) is 1. The maximum absolute atomic E-state index is 12.6. The van der Waals surface area contributed by atoms with Gasteiger partial charge in [-0.25, -0.2) is 19.4 Å². The molecule has 0 bridgehead atoms. The Balaban J connectivity index is 1.18. The number of anilines is 3. The van der Waals surface area contributed by atoms with Crippen LogP contribution in [-0.2, 0) is 23.2 Å². The van der Waals surface area contributed by atoms with Crippen LogP contribution in [0.2, 0.25) is 0 Å². The van der Waals surface area contributed by atoms with Crippen molar-refractivity contribution in [2.75, 3.05) is 29.8 Å². The standard InChI is InChI=1S/C24H30N7O6P/c1-15(31(35-2)18-6-4-3-5-7-18)23(32)37-38(33,34)36-13-16-8-11-19(12-16)30-14-26-20-21(27-17-9-10-17)28-24(25)29-22(20)30/h3-8,11,14-17,19H,9-10,12-13H2,1-2H3,(H,33,34)(H3,25,27,28,29)/t15-,16-,19+/m1/s1. The molecule has 0 spiro atoms. The molecule has 1 aromatic carbocycles. The highest BCUT2D eigenvalue weighted by atomic mass is 31.2. The van der Waals surface area contributed by atoms with Crippen molar-refractivity contribution in [2.24, 2.45) is 5.92 Å². The number of nitrogen functional groups attached to an aromatic ring is 1. The molecule has 3 aromatic rings. The van der Waals surface area contributed by atoms with Crippen LogP contribution >= 0.6 is 7.82 Å². The van der Waals surface area contributed by atoms with Crippen molar-refractivity contribution in [1.82, 2.24) is 19.5 Å². The van der Waals surface area contributed by atoms with E-state index in [1.54, 1.807) is 30.6 Å². The lowest BCUT2D eigenvalue weighted by molar-refractivity contribution is -0.139. The molecule has 38 heavy (non-hydrogen) atoms. The second-order valence-corrected chi connectivity index (χ2v) is 10.7. The van der Waals surface area contributed by atoms with Crippen molar-refractivity contribution in [2.45, 2.75) is 44.3 Å². The van der Waals surface area contributed by atoms with Crippen LogP contribution in [0.1, 0.15) is 32.2 Å². The zero-order valence-electron chi connectivity index (χ0n) is 21.0. The molecule has 4 atom stereocenters. The van der Waals surface area contributed by atoms with Crippen molar-refractivity contribution in [3.8, 4) is 0 Å². The van der Waals surface area contributed by atoms with E-state index in [0.717, 1.165) is 12.8 Å². The van der Waals surface area contributed by atoms with Crippen molar-refractivity contribution in [3.63, 3.8) is 0 Å². The lowest BCUT2D eigenvalue weighted by Gasteiger charge is -2.27. The minimum absolute atomic E-state index is 0.113. The van der Waals surface area contributed by atoms with Crippen LogP contribution in [0.3, 0.4) is 0 Å². The predicted octanol–water partition coefficient (Wildman–Crippen LogP) is 3.22. The van der Waals surface area contributed by atoms with Crippen LogP contribution in [0.5, 0.6) is 0 Å². The summed E-state index contributed by atoms with van der Waals surface area (Å²) >= 11 is 0. The van der Waals surface area contributed by atoms with Crippen molar-refractivity contribution >= 4 is 42.4 Å². The van der Waals surface area contributed by atoms with Gasteiger partial charge in [0.2, 0.25) is 5.95 Å². The second-order valence-electron chi connectivity index (χ2n) is 9.32. The van der Waals surface area contributed by atoms with Gasteiger partial charge in [0.05, 0.1) is 31.8 Å². The monoisotopic (exact) mass is 543 g/mol. The van der Waals surface area contributed by atoms with Gasteiger partial charge >= 0.3 is 13.8 Å². The van der Waals surface area contributed by atoms with Crippen molar-refractivity contribution in [1.29, 1.82) is 0 Å². The normalized spacial score (nSPS) is 21.2. The molecule has 2 aromatic heterocycles. The van der Waals surface area contributed by atoms with E-state index in [0.29, 0.717) is 35.1 Å². The highest BCUT2D eigenvalue weighted by Crippen LogP contribution is 2.45. The summed E-state index contributed by atoms with van der Waals surface area (Å²) in [4.78, 5) is 41.2. The van der Waals surface area contributed by atoms with E-state index in [2.05, 4.69) is 20.3 Å². The van der Waals surface area contributed by atoms with E-state index in [1.807, 2.05) is 22.8 Å². The van der Waals surface area contributed by atoms with Gasteiger partial charge in [0.15, 0.2) is 23.0 Å². The van der Waals surface area contributed by atoms with Gasteiger partial charge in [0.25, 0.3) is 0 Å². The van der Waals surface area contributed by atoms with Gasteiger partial charge in [-0.1, -0.05) is 30.4 Å². The van der Waals surface area contributed by atoms with Gasteiger partial charge in [0, 0.05) is 12.0 Å². The molecule has 0 aliphatic heterocycles. The summed E-state index contributed by atoms with van der Waals surface area (Å²) in [7, 11) is -3.27. The van der Waals surface area contributed by atoms with Crippen LogP contribution in [0.25, 0.3) is 11.2 Å². The summed E-state index contributed by atoms with van der Waals surface area (Å²) in [6.45, 7) is 1.38. The first-order valence-electron chi connectivity index (χ1n) is 12.3. The largest absolute Gasteiger partial charge is 0.529 e. The molecule has 1 fully saturated rings. The molecule has 5 rings (SSSR count). The second kappa shape index (κ2) is 10.7. The number of carbonyl (C=O) groups excluding carboxylic acids is 1. The number of hydrogen-bond acceptors (Lipinski definition) is 11. The Hall–Kier alpha value is -3.51. The maximum Gasteiger partial charge on any atom is 0.529 e. The zero-order chi connectivity index (χ0) is 26.9. The maximum atomic E-state index is 12.6. The van der Waals surface area contributed by atoms with E-state index >= 15 is 0 Å². The number of nitrogens with zero attached hydrogens (tertiary/aromatic N) is 5. The third-order valence-electron chi connectivity index (χ3n) is 6.42. The first kappa shape index (κ1) is 26.1. The van der Waals surface area contributed by atoms with Gasteiger partial charge in [-0.3, -0.25) is 14.3 Å². The molecule has 2 heterocycles. The molecule has 13 nitrogen and oxygen atoms in total. The van der Waals surface area contributed by atoms with E-state index < -0.39 is 19.8 Å². The van der Waals surface area contributed by atoms with Crippen LogP contribution in [0.4, 0.5) is 17.5 Å². The Morgan fingerprint density at radius 1 is 1.29 bits per heavy atom. The van der Waals surface area contributed by atoms with Gasteiger partial charge in [0.1, 0.15) is 0 Å². The number of allylic oxidation sites excluding steroid dienone is 1. The fourth-order valence-corrected chi connectivity index (χ4v) is 5.16. The quantitative estimate of drug-likeness (QED) is 0.184. The minimum Gasteiger partial charge on any atom is -0.369 e. The van der Waals surface area contributed by atoms with Crippen LogP contribution in [0.15, 0.2) is 48.8 Å². The van der Waals surface area contributed by atoms with E-state index in [9.17, 15) is 14.3 Å². The minimum atomic E-state index is -4.67. The van der Waals surface area contributed by atoms with Crippen LogP contribution in [-0.4, -0.2) is 56.2 Å². The summed E-state index contributed by atoms with van der Waals surface area (Å²) in [5.74, 6) is -0.385. The molecule has 0 radical (unpaired) electrons. The number of benzene rings is 1. The van der Waals surface area contributed by atoms with Gasteiger partial charge in [-0.2, -0.15) is 9.97 Å². The Morgan fingerprint density at radius 2 is 2.05 bits per heavy atom. The van der Waals surface area contributed by atoms with Crippen molar-refractivity contribution in [3.05, 3.63) is 48.8 Å². The molecule has 0 amide bonds. The summed E-state index contributed by atoms with van der Waals surface area (Å²) in [5.41, 5.74) is 7.77. The Bertz CT molecular complexity index is 1380. The number of fused-ring (bicyclic) bond motifs is 1. The van der Waals surface area contributed by atoms with Crippen LogP contribution in [0, 0.1) is 5.92 Å². The number of hydroxylamine groups is 1. The number of hydrogen-bond donors (Lipinski definition) is 3. The number of imidazole rings is 1. The Kier molecular flexibility index (Phi) is 7.35. The first-order chi connectivity index (χ1) is 18.2. The van der Waals surface area contributed by atoms with Crippen LogP contribution < -0.4 is 16.1 Å². The molecule has 1 unspecified atom stereocenters. The number of rotatable bonds is 11. The van der Waals surface area contributed by atoms with Gasteiger partial charge in [-0.05, 0) is 38.3 Å². The summed E-state index contributed by atoms with van der Waals surface area (Å²) in [6.07, 6.45) is 8.25. The molecule has 1 saturated carbocycles. The Morgan fingerprint density at radius 3 is 2.76 bits per heavy atom. The molecule has 14 heteroatoms. The van der Waals surface area contributed by atoms with Crippen molar-refractivity contribution < 1.29 is 28.1 Å². The highest BCUT2D eigenvalue weighted by Gasteiger charge is 2.34. The molecule has 4 N–H and O–H groups in total. The third kappa shape index (κ3) is 5.81. The summed E-state index contributed by atoms with van der Waals surface area (Å²) in [5, 5.41) is 4.62. The van der Waals surface area contributed by atoms with Gasteiger partial charge < -0.3 is 20.1 Å². The Labute approximate surface area is 219 Å². The predicted molar refractivity (Wildman–Crippen MR) is 140 cm³/mol. The summed E-state index contributed by atoms with van der Waals surface area (Å²) < 4.78 is 24.4. The fourth-order valence-electron chi connectivity index (χ4n) is 4.34. The average Bonchev–Trinajstić information content (AvgIpc) is 3.40. The average molecular weight is 544 g/mol. The third-order valence-corrected chi connectivity index (χ3v) is 7.31. The smallest absolute Gasteiger partial charge is 0.369 e. The SMILES string of the molecule is CON(c1ccccc1)[C@H](C)C(=O)OP(=O)(O)OC[C@@H]1C=C[C@H](n2cnc3c(NC4CC4)nc(N)nc32)C1.